The van der Waals surface area contributed by atoms with E-state index in [9.17, 15) is 4.39 Å². The van der Waals surface area contributed by atoms with Crippen molar-refractivity contribution in [3.63, 3.8) is 0 Å². The van der Waals surface area contributed by atoms with Crippen molar-refractivity contribution in [2.75, 3.05) is 5.32 Å². The second-order valence-corrected chi connectivity index (χ2v) is 5.60. The Morgan fingerprint density at radius 2 is 1.86 bits per heavy atom. The quantitative estimate of drug-likeness (QED) is 0.789. The molecule has 1 N–H and O–H groups in total. The number of fused-ring (bicyclic) bond motifs is 2. The summed E-state index contributed by atoms with van der Waals surface area (Å²) in [5, 5.41) is 7.81. The van der Waals surface area contributed by atoms with E-state index in [0.29, 0.717) is 11.6 Å². The van der Waals surface area contributed by atoms with E-state index in [4.69, 9.17) is 0 Å². The van der Waals surface area contributed by atoms with Gasteiger partial charge in [-0.2, -0.15) is 9.50 Å². The Balaban J connectivity index is 1.88. The van der Waals surface area contributed by atoms with Crippen LogP contribution in [0.1, 0.15) is 29.9 Å². The molecule has 1 aliphatic carbocycles. The van der Waals surface area contributed by atoms with Gasteiger partial charge < -0.3 is 5.32 Å². The number of nitrogens with one attached hydrogen (secondary N) is 1. The summed E-state index contributed by atoms with van der Waals surface area (Å²) in [5.74, 6) is 1.95. The molecule has 4 rings (SSSR count). The Labute approximate surface area is 127 Å². The van der Waals surface area contributed by atoms with Gasteiger partial charge in [0.15, 0.2) is 0 Å². The SMILES string of the molecule is Cc1nc2nc3c(c(Nc4ccc(F)cc4)n2n1)CCCC3. The van der Waals surface area contributed by atoms with Gasteiger partial charge in [-0.3, -0.25) is 0 Å². The van der Waals surface area contributed by atoms with Gasteiger partial charge in [-0.1, -0.05) is 0 Å². The highest BCUT2D eigenvalue weighted by Gasteiger charge is 2.20. The molecule has 1 aliphatic rings. The zero-order valence-electron chi connectivity index (χ0n) is 12.3. The number of anilines is 2. The largest absolute Gasteiger partial charge is 0.340 e. The van der Waals surface area contributed by atoms with E-state index in [1.54, 1.807) is 16.6 Å². The van der Waals surface area contributed by atoms with Crippen LogP contribution >= 0.6 is 0 Å². The highest BCUT2D eigenvalue weighted by Crippen LogP contribution is 2.29. The molecular formula is C16H16FN5. The Kier molecular flexibility index (Phi) is 3.03. The summed E-state index contributed by atoms with van der Waals surface area (Å²) in [4.78, 5) is 9.02. The van der Waals surface area contributed by atoms with Gasteiger partial charge in [-0.25, -0.2) is 9.37 Å². The molecule has 1 aromatic carbocycles. The fraction of sp³-hybridized carbons (Fsp3) is 0.312. The van der Waals surface area contributed by atoms with E-state index in [0.717, 1.165) is 42.9 Å². The molecule has 5 nitrogen and oxygen atoms in total. The predicted octanol–water partition coefficient (Wildman–Crippen LogP) is 3.19. The minimum atomic E-state index is -0.246. The van der Waals surface area contributed by atoms with Crippen LogP contribution in [0.5, 0.6) is 0 Å². The lowest BCUT2D eigenvalue weighted by Gasteiger charge is -2.19. The van der Waals surface area contributed by atoms with Crippen molar-refractivity contribution in [1.29, 1.82) is 0 Å². The van der Waals surface area contributed by atoms with Crippen LogP contribution in [0.25, 0.3) is 5.78 Å². The van der Waals surface area contributed by atoms with Gasteiger partial charge >= 0.3 is 0 Å². The molecule has 0 saturated carbocycles. The molecular weight excluding hydrogens is 281 g/mol. The molecule has 112 valence electrons. The van der Waals surface area contributed by atoms with Crippen LogP contribution < -0.4 is 5.32 Å². The number of hydrogen-bond donors (Lipinski definition) is 1. The molecule has 2 heterocycles. The van der Waals surface area contributed by atoms with Crippen LogP contribution in [0.4, 0.5) is 15.9 Å². The summed E-state index contributed by atoms with van der Waals surface area (Å²) in [6.45, 7) is 1.86. The van der Waals surface area contributed by atoms with Gasteiger partial charge in [0, 0.05) is 11.3 Å². The number of hydrogen-bond acceptors (Lipinski definition) is 4. The van der Waals surface area contributed by atoms with Crippen molar-refractivity contribution in [2.45, 2.75) is 32.6 Å². The third-order valence-electron chi connectivity index (χ3n) is 3.97. The number of aromatic nitrogens is 4. The van der Waals surface area contributed by atoms with E-state index < -0.39 is 0 Å². The molecule has 0 bridgehead atoms. The standard InChI is InChI=1S/C16H16FN5/c1-10-18-16-20-14-5-3-2-4-13(14)15(22(16)21-10)19-12-8-6-11(17)7-9-12/h6-9,19H,2-5H2,1H3. The lowest BCUT2D eigenvalue weighted by molar-refractivity contribution is 0.628. The molecule has 0 unspecified atom stereocenters. The van der Waals surface area contributed by atoms with Crippen molar-refractivity contribution < 1.29 is 4.39 Å². The minimum absolute atomic E-state index is 0.246. The molecule has 0 fully saturated rings. The number of aryl methyl sites for hydroxylation is 2. The number of halogens is 1. The zero-order valence-corrected chi connectivity index (χ0v) is 12.3. The molecule has 0 radical (unpaired) electrons. The first kappa shape index (κ1) is 13.2. The van der Waals surface area contributed by atoms with Crippen molar-refractivity contribution in [3.8, 4) is 0 Å². The lowest BCUT2D eigenvalue weighted by atomic mass is 9.96. The maximum absolute atomic E-state index is 13.1. The third-order valence-corrected chi connectivity index (χ3v) is 3.97. The first-order valence-electron chi connectivity index (χ1n) is 7.48. The fourth-order valence-corrected chi connectivity index (χ4v) is 2.94. The molecule has 0 spiro atoms. The van der Waals surface area contributed by atoms with E-state index in [2.05, 4.69) is 20.4 Å². The second-order valence-electron chi connectivity index (χ2n) is 5.60. The maximum atomic E-state index is 13.1. The summed E-state index contributed by atoms with van der Waals surface area (Å²) in [7, 11) is 0. The second kappa shape index (κ2) is 5.05. The first-order chi connectivity index (χ1) is 10.7. The minimum Gasteiger partial charge on any atom is -0.340 e. The van der Waals surface area contributed by atoms with Gasteiger partial charge in [0.05, 0.1) is 5.69 Å². The molecule has 0 aliphatic heterocycles. The number of benzene rings is 1. The molecule has 0 amide bonds. The Morgan fingerprint density at radius 1 is 1.09 bits per heavy atom. The normalized spacial score (nSPS) is 14.1. The van der Waals surface area contributed by atoms with Crippen LogP contribution in [-0.2, 0) is 12.8 Å². The van der Waals surface area contributed by atoms with E-state index in [1.165, 1.54) is 17.7 Å². The van der Waals surface area contributed by atoms with Crippen LogP contribution in [0.2, 0.25) is 0 Å². The average molecular weight is 297 g/mol. The molecule has 3 aromatic rings. The molecule has 0 saturated heterocycles. The van der Waals surface area contributed by atoms with Gasteiger partial charge in [-0.15, -0.1) is 5.10 Å². The zero-order chi connectivity index (χ0) is 15.1. The van der Waals surface area contributed by atoms with Crippen LogP contribution in [0.15, 0.2) is 24.3 Å². The van der Waals surface area contributed by atoms with Crippen LogP contribution in [-0.4, -0.2) is 19.6 Å². The smallest absolute Gasteiger partial charge is 0.254 e. The number of nitrogens with zero attached hydrogens (tertiary/aromatic N) is 4. The van der Waals surface area contributed by atoms with Crippen molar-refractivity contribution in [3.05, 3.63) is 47.2 Å². The van der Waals surface area contributed by atoms with Gasteiger partial charge in [0.25, 0.3) is 5.78 Å². The monoisotopic (exact) mass is 297 g/mol. The average Bonchev–Trinajstić information content (AvgIpc) is 2.89. The summed E-state index contributed by atoms with van der Waals surface area (Å²) >= 11 is 0. The summed E-state index contributed by atoms with van der Waals surface area (Å²) < 4.78 is 14.8. The van der Waals surface area contributed by atoms with Crippen molar-refractivity contribution in [1.82, 2.24) is 19.6 Å². The van der Waals surface area contributed by atoms with Crippen molar-refractivity contribution >= 4 is 17.3 Å². The lowest BCUT2D eigenvalue weighted by Crippen LogP contribution is -2.13. The Hall–Kier alpha value is -2.50. The summed E-state index contributed by atoms with van der Waals surface area (Å²) in [6.07, 6.45) is 4.24. The van der Waals surface area contributed by atoms with Gasteiger partial charge in [0.2, 0.25) is 0 Å². The Bertz CT molecular complexity index is 838. The Morgan fingerprint density at radius 3 is 2.68 bits per heavy atom. The summed E-state index contributed by atoms with van der Waals surface area (Å²) in [5.41, 5.74) is 3.11. The molecule has 22 heavy (non-hydrogen) atoms. The molecule has 0 atom stereocenters. The van der Waals surface area contributed by atoms with Crippen LogP contribution in [0, 0.1) is 12.7 Å². The third kappa shape index (κ3) is 2.20. The molecule has 2 aromatic heterocycles. The first-order valence-corrected chi connectivity index (χ1v) is 7.48. The van der Waals surface area contributed by atoms with Crippen molar-refractivity contribution in [2.24, 2.45) is 0 Å². The number of rotatable bonds is 2. The van der Waals surface area contributed by atoms with E-state index in [-0.39, 0.29) is 5.82 Å². The summed E-state index contributed by atoms with van der Waals surface area (Å²) in [6, 6.07) is 6.33. The fourth-order valence-electron chi connectivity index (χ4n) is 2.94. The molecule has 6 heteroatoms. The van der Waals surface area contributed by atoms with Gasteiger partial charge in [0.1, 0.15) is 17.5 Å². The predicted molar refractivity (Wildman–Crippen MR) is 81.8 cm³/mol. The van der Waals surface area contributed by atoms with Gasteiger partial charge in [-0.05, 0) is 56.9 Å². The highest BCUT2D eigenvalue weighted by atomic mass is 19.1. The maximum Gasteiger partial charge on any atom is 0.254 e. The van der Waals surface area contributed by atoms with E-state index >= 15 is 0 Å². The van der Waals surface area contributed by atoms with Crippen LogP contribution in [0.3, 0.4) is 0 Å². The highest BCUT2D eigenvalue weighted by molar-refractivity contribution is 5.63. The topological polar surface area (TPSA) is 55.1 Å². The van der Waals surface area contributed by atoms with E-state index in [1.807, 2.05) is 6.92 Å².